The van der Waals surface area contributed by atoms with Crippen LogP contribution in [0.4, 0.5) is 4.79 Å². The third kappa shape index (κ3) is 2.73. The third-order valence-electron chi connectivity index (χ3n) is 5.34. The number of aryl methyl sites for hydroxylation is 1. The van der Waals surface area contributed by atoms with Crippen molar-refractivity contribution >= 4 is 12.0 Å². The van der Waals surface area contributed by atoms with Crippen LogP contribution >= 0.6 is 0 Å². The minimum atomic E-state index is -0.556. The van der Waals surface area contributed by atoms with Crippen LogP contribution in [0.15, 0.2) is 48.5 Å². The first kappa shape index (κ1) is 16.6. The molecule has 4 rings (SSSR count). The van der Waals surface area contributed by atoms with Gasteiger partial charge in [0, 0.05) is 25.6 Å². The first-order chi connectivity index (χ1) is 12.5. The van der Waals surface area contributed by atoms with Gasteiger partial charge in [0.2, 0.25) is 0 Å². The molecule has 0 bridgehead atoms. The number of likely N-dealkylation sites (N-methyl/N-ethyl adjacent to an activating group) is 1. The van der Waals surface area contributed by atoms with Gasteiger partial charge in [-0.05, 0) is 29.7 Å². The van der Waals surface area contributed by atoms with Crippen molar-refractivity contribution < 1.29 is 14.3 Å². The first-order valence-electron chi connectivity index (χ1n) is 8.87. The van der Waals surface area contributed by atoms with Gasteiger partial charge >= 0.3 is 6.09 Å². The number of benzene rings is 2. The van der Waals surface area contributed by atoms with Gasteiger partial charge < -0.3 is 14.5 Å². The lowest BCUT2D eigenvalue weighted by molar-refractivity contribution is 0.0553. The van der Waals surface area contributed by atoms with Crippen molar-refractivity contribution in [3.05, 3.63) is 59.7 Å². The second-order valence-electron chi connectivity index (χ2n) is 7.24. The monoisotopic (exact) mass is 350 g/mol. The summed E-state index contributed by atoms with van der Waals surface area (Å²) >= 11 is 0. The largest absolute Gasteiger partial charge is 0.439 e. The van der Waals surface area contributed by atoms with E-state index in [4.69, 9.17) is 4.74 Å². The molecule has 2 heterocycles. The molecule has 2 fully saturated rings. The van der Waals surface area contributed by atoms with E-state index in [0.717, 1.165) is 16.7 Å². The highest BCUT2D eigenvalue weighted by atomic mass is 16.6. The Morgan fingerprint density at radius 1 is 1.04 bits per heavy atom. The molecular formula is C21H22N2O3. The van der Waals surface area contributed by atoms with E-state index in [9.17, 15) is 9.59 Å². The maximum absolute atomic E-state index is 13.2. The van der Waals surface area contributed by atoms with Crippen LogP contribution in [-0.2, 0) is 4.74 Å². The molecule has 0 N–H and O–H groups in total. The summed E-state index contributed by atoms with van der Waals surface area (Å²) in [4.78, 5) is 28.4. The Morgan fingerprint density at radius 2 is 1.73 bits per heavy atom. The van der Waals surface area contributed by atoms with E-state index in [1.807, 2.05) is 47.4 Å². The van der Waals surface area contributed by atoms with E-state index < -0.39 is 5.60 Å². The van der Waals surface area contributed by atoms with Gasteiger partial charge in [-0.1, -0.05) is 42.5 Å². The third-order valence-corrected chi connectivity index (χ3v) is 5.34. The summed E-state index contributed by atoms with van der Waals surface area (Å²) in [6.07, 6.45) is 0.376. The molecular weight excluding hydrogens is 328 g/mol. The quantitative estimate of drug-likeness (QED) is 0.835. The lowest BCUT2D eigenvalue weighted by Crippen LogP contribution is -2.39. The Labute approximate surface area is 153 Å². The lowest BCUT2D eigenvalue weighted by Gasteiger charge is -2.22. The van der Waals surface area contributed by atoms with Crippen molar-refractivity contribution in [2.24, 2.45) is 0 Å². The zero-order valence-corrected chi connectivity index (χ0v) is 15.1. The summed E-state index contributed by atoms with van der Waals surface area (Å²) in [6, 6.07) is 15.8. The molecule has 2 aliphatic rings. The SMILES string of the molecule is Cc1ccccc1-c1ccccc1C(=O)N1CC[C@]2(CN(C)C(=O)O2)C1. The topological polar surface area (TPSA) is 49.9 Å². The predicted octanol–water partition coefficient (Wildman–Crippen LogP) is 3.33. The number of carbonyl (C=O) groups is 2. The summed E-state index contributed by atoms with van der Waals surface area (Å²) in [5.41, 5.74) is 3.28. The van der Waals surface area contributed by atoms with Crippen LogP contribution in [0, 0.1) is 6.92 Å². The fraction of sp³-hybridized carbons (Fsp3) is 0.333. The van der Waals surface area contributed by atoms with Crippen LogP contribution in [-0.4, -0.2) is 54.1 Å². The van der Waals surface area contributed by atoms with Gasteiger partial charge in [0.25, 0.3) is 5.91 Å². The number of likely N-dealkylation sites (tertiary alicyclic amines) is 1. The van der Waals surface area contributed by atoms with Crippen LogP contribution in [0.1, 0.15) is 22.3 Å². The zero-order valence-electron chi connectivity index (χ0n) is 15.1. The Kier molecular flexibility index (Phi) is 3.94. The molecule has 1 spiro atoms. The van der Waals surface area contributed by atoms with Crippen LogP contribution < -0.4 is 0 Å². The van der Waals surface area contributed by atoms with Crippen LogP contribution in [0.25, 0.3) is 11.1 Å². The molecule has 2 saturated heterocycles. The van der Waals surface area contributed by atoms with Crippen LogP contribution in [0.2, 0.25) is 0 Å². The normalized spacial score (nSPS) is 22.2. The molecule has 0 aliphatic carbocycles. The fourth-order valence-electron chi connectivity index (χ4n) is 3.97. The first-order valence-corrected chi connectivity index (χ1v) is 8.87. The second-order valence-corrected chi connectivity index (χ2v) is 7.24. The molecule has 0 unspecified atom stereocenters. The molecule has 0 aromatic heterocycles. The van der Waals surface area contributed by atoms with Crippen LogP contribution in [0.5, 0.6) is 0 Å². The van der Waals surface area contributed by atoms with Crippen LogP contribution in [0.3, 0.4) is 0 Å². The zero-order chi connectivity index (χ0) is 18.3. The molecule has 5 heteroatoms. The molecule has 134 valence electrons. The fourth-order valence-corrected chi connectivity index (χ4v) is 3.97. The van der Waals surface area contributed by atoms with Gasteiger partial charge in [0.05, 0.1) is 13.1 Å². The van der Waals surface area contributed by atoms with Gasteiger partial charge in [-0.2, -0.15) is 0 Å². The highest BCUT2D eigenvalue weighted by Crippen LogP contribution is 2.34. The Hall–Kier alpha value is -2.82. The second kappa shape index (κ2) is 6.16. The molecule has 5 nitrogen and oxygen atoms in total. The van der Waals surface area contributed by atoms with E-state index in [1.54, 1.807) is 11.9 Å². The number of amides is 2. The minimum Gasteiger partial charge on any atom is -0.439 e. The summed E-state index contributed by atoms with van der Waals surface area (Å²) in [5, 5.41) is 0. The molecule has 0 radical (unpaired) electrons. The van der Waals surface area contributed by atoms with Crippen molar-refractivity contribution in [1.29, 1.82) is 0 Å². The summed E-state index contributed by atoms with van der Waals surface area (Å²) in [6.45, 7) is 3.64. The van der Waals surface area contributed by atoms with Crippen molar-refractivity contribution in [3.8, 4) is 11.1 Å². The summed E-state index contributed by atoms with van der Waals surface area (Å²) in [7, 11) is 1.73. The average Bonchev–Trinajstić information content (AvgIpc) is 3.17. The number of ether oxygens (including phenoxy) is 1. The van der Waals surface area contributed by atoms with Gasteiger partial charge in [0.1, 0.15) is 0 Å². The predicted molar refractivity (Wildman–Crippen MR) is 99.0 cm³/mol. The van der Waals surface area contributed by atoms with E-state index in [-0.39, 0.29) is 12.0 Å². The Morgan fingerprint density at radius 3 is 2.42 bits per heavy atom. The summed E-state index contributed by atoms with van der Waals surface area (Å²) < 4.78 is 5.57. The van der Waals surface area contributed by atoms with Gasteiger partial charge in [-0.3, -0.25) is 4.79 Å². The molecule has 2 amide bonds. The molecule has 0 saturated carbocycles. The highest BCUT2D eigenvalue weighted by Gasteiger charge is 2.49. The van der Waals surface area contributed by atoms with E-state index >= 15 is 0 Å². The smallest absolute Gasteiger partial charge is 0.410 e. The van der Waals surface area contributed by atoms with Crippen molar-refractivity contribution in [2.75, 3.05) is 26.7 Å². The highest BCUT2D eigenvalue weighted by molar-refractivity contribution is 6.01. The average molecular weight is 350 g/mol. The summed E-state index contributed by atoms with van der Waals surface area (Å²) in [5.74, 6) is -0.00803. The maximum Gasteiger partial charge on any atom is 0.410 e. The van der Waals surface area contributed by atoms with Gasteiger partial charge in [0.15, 0.2) is 5.60 Å². The number of rotatable bonds is 2. The molecule has 1 atom stereocenters. The van der Waals surface area contributed by atoms with Crippen molar-refractivity contribution in [2.45, 2.75) is 18.9 Å². The maximum atomic E-state index is 13.2. The van der Waals surface area contributed by atoms with E-state index in [0.29, 0.717) is 31.6 Å². The van der Waals surface area contributed by atoms with Crippen molar-refractivity contribution in [3.63, 3.8) is 0 Å². The van der Waals surface area contributed by atoms with E-state index in [1.165, 1.54) is 0 Å². The number of hydrogen-bond acceptors (Lipinski definition) is 3. The minimum absolute atomic E-state index is 0.00803. The molecule has 2 aromatic rings. The standard InChI is InChI=1S/C21H22N2O3/c1-15-7-3-4-8-16(15)17-9-5-6-10-18(17)19(24)23-12-11-21(14-23)13-22(2)20(25)26-21/h3-10H,11-14H2,1-2H3/t21-/m0/s1. The van der Waals surface area contributed by atoms with Crippen molar-refractivity contribution in [1.82, 2.24) is 9.80 Å². The number of nitrogens with zero attached hydrogens (tertiary/aromatic N) is 2. The van der Waals surface area contributed by atoms with Gasteiger partial charge in [-0.15, -0.1) is 0 Å². The molecule has 2 aliphatic heterocycles. The Balaban J connectivity index is 1.63. The van der Waals surface area contributed by atoms with E-state index in [2.05, 4.69) is 13.0 Å². The lowest BCUT2D eigenvalue weighted by atomic mass is 9.95. The Bertz CT molecular complexity index is 879. The molecule has 26 heavy (non-hydrogen) atoms. The number of carbonyl (C=O) groups excluding carboxylic acids is 2. The number of hydrogen-bond donors (Lipinski definition) is 0. The molecule has 2 aromatic carbocycles. The van der Waals surface area contributed by atoms with Gasteiger partial charge in [-0.25, -0.2) is 4.79 Å².